The molecule has 2 aromatic carbocycles. The van der Waals surface area contributed by atoms with Gasteiger partial charge in [0.1, 0.15) is 11.6 Å². The first kappa shape index (κ1) is 28.4. The Morgan fingerprint density at radius 1 is 1.10 bits per heavy atom. The molecule has 2 atom stereocenters. The summed E-state index contributed by atoms with van der Waals surface area (Å²) in [5.41, 5.74) is 1.83. The molecular weight excluding hydrogens is 509 g/mol. The fraction of sp³-hybridized carbons (Fsp3) is 0.400. The number of anilines is 1. The zero-order valence-corrected chi connectivity index (χ0v) is 22.4. The molecule has 0 radical (unpaired) electrons. The molecule has 9 heteroatoms. The molecule has 0 bridgehead atoms. The summed E-state index contributed by atoms with van der Waals surface area (Å²) in [5.74, 6) is -0.103. The predicted molar refractivity (Wildman–Crippen MR) is 143 cm³/mol. The summed E-state index contributed by atoms with van der Waals surface area (Å²) in [6.07, 6.45) is -1.87. The highest BCUT2D eigenvalue weighted by Gasteiger charge is 2.44. The number of carbonyl (C=O) groups is 1. The Balaban J connectivity index is 1.54. The molecule has 39 heavy (non-hydrogen) atoms. The summed E-state index contributed by atoms with van der Waals surface area (Å²) in [6, 6.07) is 11.1. The van der Waals surface area contributed by atoms with Gasteiger partial charge in [-0.2, -0.15) is 13.2 Å². The average Bonchev–Trinajstić information content (AvgIpc) is 3.63. The van der Waals surface area contributed by atoms with Crippen molar-refractivity contribution < 1.29 is 32.9 Å². The van der Waals surface area contributed by atoms with Gasteiger partial charge in [0.2, 0.25) is 0 Å². The monoisotopic (exact) mass is 542 g/mol. The van der Waals surface area contributed by atoms with Gasteiger partial charge in [0.15, 0.2) is 0 Å². The van der Waals surface area contributed by atoms with Crippen LogP contribution in [-0.4, -0.2) is 33.4 Å². The third kappa shape index (κ3) is 7.09. The van der Waals surface area contributed by atoms with Gasteiger partial charge < -0.3 is 20.3 Å². The molecule has 1 aromatic heterocycles. The number of hydrogen-bond acceptors (Lipinski definition) is 5. The van der Waals surface area contributed by atoms with Crippen LogP contribution in [0.4, 0.5) is 19.0 Å². The Morgan fingerprint density at radius 3 is 2.33 bits per heavy atom. The first-order chi connectivity index (χ1) is 18.2. The standard InChI is InChI=1S/C30H33F3N2O4/c1-17-11-21(39-10-9-29(3,4)38)12-18(2)27(17)24-13-19(5-7-25(24)30(31,32)33)15-34-26-8-6-20(16-35-26)22-14-23(22)28(36)37/h5-8,11-13,16,22-23,38H,9-10,14-15H2,1-4H3,(H,34,35)(H,36,37)/t22?,23-/m1/s1. The molecule has 1 heterocycles. The van der Waals surface area contributed by atoms with E-state index in [2.05, 4.69) is 10.3 Å². The van der Waals surface area contributed by atoms with Crippen LogP contribution in [-0.2, 0) is 17.5 Å². The molecule has 0 spiro atoms. The smallest absolute Gasteiger partial charge is 0.417 e. The molecule has 4 rings (SSSR count). The predicted octanol–water partition coefficient (Wildman–Crippen LogP) is 6.72. The number of alkyl halides is 3. The molecule has 1 fully saturated rings. The van der Waals surface area contributed by atoms with Gasteiger partial charge in [-0.1, -0.05) is 12.1 Å². The molecular formula is C30H33F3N2O4. The summed E-state index contributed by atoms with van der Waals surface area (Å²) in [5, 5.41) is 22.2. The van der Waals surface area contributed by atoms with Gasteiger partial charge in [-0.15, -0.1) is 0 Å². The molecule has 6 nitrogen and oxygen atoms in total. The number of hydrogen-bond donors (Lipinski definition) is 3. The summed E-state index contributed by atoms with van der Waals surface area (Å²) in [7, 11) is 0. The quantitative estimate of drug-likeness (QED) is 0.263. The number of nitrogens with zero attached hydrogens (tertiary/aromatic N) is 1. The number of halogens is 3. The highest BCUT2D eigenvalue weighted by Crippen LogP contribution is 2.47. The van der Waals surface area contributed by atoms with Crippen LogP contribution in [0, 0.1) is 19.8 Å². The first-order valence-corrected chi connectivity index (χ1v) is 12.8. The van der Waals surface area contributed by atoms with Gasteiger partial charge in [-0.25, -0.2) is 4.98 Å². The molecule has 0 saturated heterocycles. The van der Waals surface area contributed by atoms with E-state index in [1.165, 1.54) is 6.07 Å². The maximum absolute atomic E-state index is 14.0. The number of carboxylic acid groups (broad SMARTS) is 1. The third-order valence-corrected chi connectivity index (χ3v) is 6.94. The number of aliphatic carboxylic acids is 1. The number of aliphatic hydroxyl groups is 1. The molecule has 3 N–H and O–H groups in total. The van der Waals surface area contributed by atoms with Gasteiger partial charge in [0.05, 0.1) is 23.7 Å². The minimum absolute atomic E-state index is 0.0219. The number of aromatic nitrogens is 1. The van der Waals surface area contributed by atoms with Gasteiger partial charge >= 0.3 is 12.1 Å². The fourth-order valence-corrected chi connectivity index (χ4v) is 4.76. The van der Waals surface area contributed by atoms with Crippen molar-refractivity contribution >= 4 is 11.8 Å². The highest BCUT2D eigenvalue weighted by atomic mass is 19.4. The molecule has 208 valence electrons. The summed E-state index contributed by atoms with van der Waals surface area (Å²) in [4.78, 5) is 15.5. The number of benzene rings is 2. The lowest BCUT2D eigenvalue weighted by Crippen LogP contribution is -2.21. The van der Waals surface area contributed by atoms with Crippen LogP contribution >= 0.6 is 0 Å². The van der Waals surface area contributed by atoms with Crippen LogP contribution in [0.2, 0.25) is 0 Å². The average molecular weight is 543 g/mol. The van der Waals surface area contributed by atoms with E-state index in [1.54, 1.807) is 58.2 Å². The number of ether oxygens (including phenoxy) is 1. The number of carboxylic acids is 1. The molecule has 1 unspecified atom stereocenters. The molecule has 3 aromatic rings. The zero-order chi connectivity index (χ0) is 28.5. The lowest BCUT2D eigenvalue weighted by Gasteiger charge is -2.20. The Morgan fingerprint density at radius 2 is 1.79 bits per heavy atom. The first-order valence-electron chi connectivity index (χ1n) is 12.8. The van der Waals surface area contributed by atoms with E-state index in [-0.39, 0.29) is 30.6 Å². The van der Waals surface area contributed by atoms with Crippen LogP contribution in [0.15, 0.2) is 48.7 Å². The molecule has 1 aliphatic rings. The largest absolute Gasteiger partial charge is 0.493 e. The molecule has 1 aliphatic carbocycles. The highest BCUT2D eigenvalue weighted by molar-refractivity contribution is 5.76. The zero-order valence-electron chi connectivity index (χ0n) is 22.4. The number of rotatable bonds is 10. The minimum Gasteiger partial charge on any atom is -0.493 e. The van der Waals surface area contributed by atoms with Crippen LogP contribution in [0.5, 0.6) is 5.75 Å². The molecule has 0 amide bonds. The molecule has 0 aliphatic heterocycles. The normalized spacial score (nSPS) is 17.1. The van der Waals surface area contributed by atoms with Gasteiger partial charge in [-0.3, -0.25) is 4.79 Å². The van der Waals surface area contributed by atoms with E-state index in [9.17, 15) is 23.1 Å². The second kappa shape index (κ2) is 10.9. The lowest BCUT2D eigenvalue weighted by atomic mass is 9.90. The van der Waals surface area contributed by atoms with Crippen molar-refractivity contribution in [3.05, 3.63) is 76.5 Å². The van der Waals surface area contributed by atoms with Gasteiger partial charge in [-0.05, 0) is 104 Å². The van der Waals surface area contributed by atoms with E-state index >= 15 is 0 Å². The van der Waals surface area contributed by atoms with Crippen molar-refractivity contribution in [1.29, 1.82) is 0 Å². The SMILES string of the molecule is Cc1cc(OCCC(C)(C)O)cc(C)c1-c1cc(CNc2ccc(C3C[C@H]3C(=O)O)cn2)ccc1C(F)(F)F. The van der Waals surface area contributed by atoms with E-state index in [0.29, 0.717) is 46.7 Å². The molecule has 1 saturated carbocycles. The van der Waals surface area contributed by atoms with Crippen molar-refractivity contribution in [3.63, 3.8) is 0 Å². The van der Waals surface area contributed by atoms with Crippen molar-refractivity contribution in [3.8, 4) is 16.9 Å². The lowest BCUT2D eigenvalue weighted by molar-refractivity contribution is -0.139. The second-order valence-electron chi connectivity index (χ2n) is 10.8. The summed E-state index contributed by atoms with van der Waals surface area (Å²) in [6.45, 7) is 7.44. The maximum Gasteiger partial charge on any atom is 0.417 e. The van der Waals surface area contributed by atoms with Crippen molar-refractivity contribution in [1.82, 2.24) is 4.98 Å². The Kier molecular flexibility index (Phi) is 7.93. The second-order valence-corrected chi connectivity index (χ2v) is 10.8. The topological polar surface area (TPSA) is 91.7 Å². The Hall–Kier alpha value is -3.59. The Bertz CT molecular complexity index is 1320. The minimum atomic E-state index is -4.53. The number of nitrogens with one attached hydrogen (secondary N) is 1. The van der Waals surface area contributed by atoms with Crippen LogP contribution in [0.3, 0.4) is 0 Å². The van der Waals surface area contributed by atoms with Crippen LogP contribution in [0.25, 0.3) is 11.1 Å². The summed E-state index contributed by atoms with van der Waals surface area (Å²) >= 11 is 0. The Labute approximate surface area is 225 Å². The van der Waals surface area contributed by atoms with Gasteiger partial charge in [0, 0.05) is 19.2 Å². The maximum atomic E-state index is 14.0. The van der Waals surface area contributed by atoms with E-state index in [4.69, 9.17) is 9.84 Å². The van der Waals surface area contributed by atoms with Crippen LogP contribution in [0.1, 0.15) is 60.4 Å². The van der Waals surface area contributed by atoms with E-state index < -0.39 is 23.3 Å². The van der Waals surface area contributed by atoms with E-state index in [0.717, 1.165) is 11.6 Å². The van der Waals surface area contributed by atoms with Crippen molar-refractivity contribution in [2.45, 2.75) is 64.8 Å². The summed E-state index contributed by atoms with van der Waals surface area (Å²) < 4.78 is 47.8. The number of aryl methyl sites for hydroxylation is 2. The van der Waals surface area contributed by atoms with Crippen molar-refractivity contribution in [2.24, 2.45) is 5.92 Å². The number of pyridine rings is 1. The third-order valence-electron chi connectivity index (χ3n) is 6.94. The van der Waals surface area contributed by atoms with Crippen LogP contribution < -0.4 is 10.1 Å². The van der Waals surface area contributed by atoms with Crippen molar-refractivity contribution in [2.75, 3.05) is 11.9 Å². The van der Waals surface area contributed by atoms with Gasteiger partial charge in [0.25, 0.3) is 0 Å². The fourth-order valence-electron chi connectivity index (χ4n) is 4.76. The van der Waals surface area contributed by atoms with E-state index in [1.807, 2.05) is 6.07 Å².